The van der Waals surface area contributed by atoms with Gasteiger partial charge in [0.05, 0.1) is 6.54 Å². The number of hydrogen-bond acceptors (Lipinski definition) is 3. The molecule has 5 nitrogen and oxygen atoms in total. The quantitative estimate of drug-likeness (QED) is 0.801. The largest absolute Gasteiger partial charge is 0.358 e. The SMILES string of the molecule is Cn1c(=O)cc(N2CCCCC2)n(Cc2cc(F)ccc2Br)c1=O. The van der Waals surface area contributed by atoms with Gasteiger partial charge in [-0.05, 0) is 43.0 Å². The lowest BCUT2D eigenvalue weighted by molar-refractivity contribution is 0.547. The first-order valence-electron chi connectivity index (χ1n) is 7.97. The third-order valence-corrected chi connectivity index (χ3v) is 5.17. The van der Waals surface area contributed by atoms with Crippen LogP contribution in [-0.2, 0) is 13.6 Å². The number of benzene rings is 1. The molecule has 0 radical (unpaired) electrons. The van der Waals surface area contributed by atoms with Crippen LogP contribution in [0.15, 0.2) is 38.3 Å². The summed E-state index contributed by atoms with van der Waals surface area (Å²) in [5.74, 6) is 0.254. The topological polar surface area (TPSA) is 47.2 Å². The molecule has 24 heavy (non-hydrogen) atoms. The van der Waals surface area contributed by atoms with Gasteiger partial charge in [0.25, 0.3) is 5.56 Å². The van der Waals surface area contributed by atoms with Crippen molar-refractivity contribution < 1.29 is 4.39 Å². The van der Waals surface area contributed by atoms with Crippen LogP contribution in [0.4, 0.5) is 10.2 Å². The van der Waals surface area contributed by atoms with Gasteiger partial charge in [-0.1, -0.05) is 15.9 Å². The molecule has 1 fully saturated rings. The van der Waals surface area contributed by atoms with Gasteiger partial charge in [0.2, 0.25) is 0 Å². The maximum absolute atomic E-state index is 13.6. The average Bonchev–Trinajstić information content (AvgIpc) is 2.59. The minimum Gasteiger partial charge on any atom is -0.358 e. The van der Waals surface area contributed by atoms with Crippen LogP contribution in [0.25, 0.3) is 0 Å². The van der Waals surface area contributed by atoms with Gasteiger partial charge < -0.3 is 4.90 Å². The number of rotatable bonds is 3. The van der Waals surface area contributed by atoms with E-state index in [0.717, 1.165) is 41.4 Å². The second-order valence-corrected chi connectivity index (χ2v) is 6.91. The van der Waals surface area contributed by atoms with E-state index < -0.39 is 0 Å². The molecule has 0 bridgehead atoms. The van der Waals surface area contributed by atoms with Gasteiger partial charge in [-0.2, -0.15) is 0 Å². The van der Waals surface area contributed by atoms with Gasteiger partial charge in [-0.15, -0.1) is 0 Å². The molecule has 0 N–H and O–H groups in total. The molecule has 0 spiro atoms. The minimum absolute atomic E-state index is 0.205. The Morgan fingerprint density at radius 3 is 2.54 bits per heavy atom. The van der Waals surface area contributed by atoms with E-state index in [1.165, 1.54) is 25.2 Å². The molecule has 0 amide bonds. The van der Waals surface area contributed by atoms with Gasteiger partial charge in [0.1, 0.15) is 11.6 Å². The summed E-state index contributed by atoms with van der Waals surface area (Å²) in [4.78, 5) is 26.8. The lowest BCUT2D eigenvalue weighted by Gasteiger charge is -2.31. The van der Waals surface area contributed by atoms with Crippen LogP contribution in [0, 0.1) is 5.82 Å². The highest BCUT2D eigenvalue weighted by molar-refractivity contribution is 9.10. The highest BCUT2D eigenvalue weighted by Crippen LogP contribution is 2.22. The number of anilines is 1. The Morgan fingerprint density at radius 1 is 1.12 bits per heavy atom. The summed E-state index contributed by atoms with van der Waals surface area (Å²) < 4.78 is 16.9. The van der Waals surface area contributed by atoms with Crippen molar-refractivity contribution in [2.75, 3.05) is 18.0 Å². The summed E-state index contributed by atoms with van der Waals surface area (Å²) in [6.45, 7) is 1.84. The Balaban J connectivity index is 2.11. The molecule has 128 valence electrons. The molecular weight excluding hydrogens is 377 g/mol. The van der Waals surface area contributed by atoms with Gasteiger partial charge in [0.15, 0.2) is 0 Å². The summed E-state index contributed by atoms with van der Waals surface area (Å²) in [6.07, 6.45) is 3.22. The first-order valence-corrected chi connectivity index (χ1v) is 8.76. The Labute approximate surface area is 147 Å². The van der Waals surface area contributed by atoms with Crippen molar-refractivity contribution in [2.45, 2.75) is 25.8 Å². The Morgan fingerprint density at radius 2 is 1.83 bits per heavy atom. The molecule has 1 aliphatic heterocycles. The molecular formula is C17H19BrFN3O2. The van der Waals surface area contributed by atoms with Crippen molar-refractivity contribution in [1.29, 1.82) is 0 Å². The van der Waals surface area contributed by atoms with E-state index in [1.54, 1.807) is 10.6 Å². The third-order valence-electron chi connectivity index (χ3n) is 4.39. The maximum atomic E-state index is 13.6. The number of aromatic nitrogens is 2. The Bertz CT molecular complexity index is 869. The normalized spacial score (nSPS) is 14.9. The first kappa shape index (κ1) is 17.0. The molecule has 2 heterocycles. The molecule has 1 saturated heterocycles. The van der Waals surface area contributed by atoms with Crippen molar-refractivity contribution in [1.82, 2.24) is 9.13 Å². The van der Waals surface area contributed by atoms with E-state index in [9.17, 15) is 14.0 Å². The number of piperidine rings is 1. The molecule has 2 aromatic rings. The number of hydrogen-bond donors (Lipinski definition) is 0. The zero-order chi connectivity index (χ0) is 17.3. The van der Waals surface area contributed by atoms with Crippen LogP contribution in [0.5, 0.6) is 0 Å². The molecule has 0 saturated carbocycles. The van der Waals surface area contributed by atoms with Crippen LogP contribution in [-0.4, -0.2) is 22.2 Å². The summed E-state index contributed by atoms with van der Waals surface area (Å²) in [5, 5.41) is 0. The molecule has 0 atom stereocenters. The smallest absolute Gasteiger partial charge is 0.332 e. The summed E-state index contributed by atoms with van der Waals surface area (Å²) >= 11 is 3.40. The van der Waals surface area contributed by atoms with Crippen LogP contribution in [0.2, 0.25) is 0 Å². The second kappa shape index (κ2) is 6.93. The minimum atomic E-state index is -0.390. The fourth-order valence-corrected chi connectivity index (χ4v) is 3.40. The molecule has 0 aliphatic carbocycles. The molecule has 1 aromatic carbocycles. The van der Waals surface area contributed by atoms with Crippen LogP contribution < -0.4 is 16.1 Å². The highest BCUT2D eigenvalue weighted by Gasteiger charge is 2.18. The molecule has 7 heteroatoms. The van der Waals surface area contributed by atoms with Crippen LogP contribution >= 0.6 is 15.9 Å². The van der Waals surface area contributed by atoms with Gasteiger partial charge in [0, 0.05) is 30.7 Å². The average molecular weight is 396 g/mol. The predicted octanol–water partition coefficient (Wildman–Crippen LogP) is 2.49. The Kier molecular flexibility index (Phi) is 4.89. The fraction of sp³-hybridized carbons (Fsp3) is 0.412. The van der Waals surface area contributed by atoms with E-state index >= 15 is 0 Å². The fourth-order valence-electron chi connectivity index (χ4n) is 3.03. The zero-order valence-electron chi connectivity index (χ0n) is 13.5. The summed E-state index contributed by atoms with van der Waals surface area (Å²) in [6, 6.07) is 5.89. The predicted molar refractivity (Wildman–Crippen MR) is 95.2 cm³/mol. The van der Waals surface area contributed by atoms with E-state index in [2.05, 4.69) is 20.8 Å². The molecule has 3 rings (SSSR count). The first-order chi connectivity index (χ1) is 11.5. The maximum Gasteiger partial charge on any atom is 0.332 e. The lowest BCUT2D eigenvalue weighted by Crippen LogP contribution is -2.43. The van der Waals surface area contributed by atoms with E-state index in [1.807, 2.05) is 0 Å². The number of nitrogens with zero attached hydrogens (tertiary/aromatic N) is 3. The third kappa shape index (κ3) is 3.31. The monoisotopic (exact) mass is 395 g/mol. The van der Waals surface area contributed by atoms with Crippen molar-refractivity contribution in [3.8, 4) is 0 Å². The van der Waals surface area contributed by atoms with Crippen molar-refractivity contribution in [2.24, 2.45) is 7.05 Å². The Hall–Kier alpha value is -1.89. The van der Waals surface area contributed by atoms with E-state index in [-0.39, 0.29) is 23.6 Å². The molecule has 0 unspecified atom stereocenters. The van der Waals surface area contributed by atoms with Gasteiger partial charge in [-0.25, -0.2) is 9.18 Å². The summed E-state index contributed by atoms with van der Waals surface area (Å²) in [5.41, 5.74) is -0.0524. The molecule has 1 aromatic heterocycles. The standard InChI is InChI=1S/C17H19BrFN3O2/c1-20-16(23)10-15(21-7-3-2-4-8-21)22(17(20)24)11-12-9-13(19)5-6-14(12)18/h5-6,9-10H,2-4,7-8,11H2,1H3. The van der Waals surface area contributed by atoms with E-state index in [4.69, 9.17) is 0 Å². The van der Waals surface area contributed by atoms with Crippen molar-refractivity contribution in [3.63, 3.8) is 0 Å². The van der Waals surface area contributed by atoms with Crippen molar-refractivity contribution in [3.05, 3.63) is 61.0 Å². The van der Waals surface area contributed by atoms with Crippen LogP contribution in [0.3, 0.4) is 0 Å². The highest BCUT2D eigenvalue weighted by atomic mass is 79.9. The van der Waals surface area contributed by atoms with Crippen molar-refractivity contribution >= 4 is 21.7 Å². The number of halogens is 2. The van der Waals surface area contributed by atoms with Gasteiger partial charge >= 0.3 is 5.69 Å². The zero-order valence-corrected chi connectivity index (χ0v) is 15.1. The lowest BCUT2D eigenvalue weighted by atomic mass is 10.1. The van der Waals surface area contributed by atoms with E-state index in [0.29, 0.717) is 11.4 Å². The van der Waals surface area contributed by atoms with Crippen LogP contribution in [0.1, 0.15) is 24.8 Å². The second-order valence-electron chi connectivity index (χ2n) is 6.05. The summed E-state index contributed by atoms with van der Waals surface area (Å²) in [7, 11) is 1.46. The molecule has 1 aliphatic rings. The van der Waals surface area contributed by atoms with Gasteiger partial charge in [-0.3, -0.25) is 13.9 Å².